The molecule has 1 aliphatic carbocycles. The van der Waals surface area contributed by atoms with Crippen molar-refractivity contribution in [2.45, 2.75) is 51.2 Å². The van der Waals surface area contributed by atoms with Gasteiger partial charge in [0.2, 0.25) is 5.91 Å². The smallest absolute Gasteiger partial charge is 0.291 e. The van der Waals surface area contributed by atoms with E-state index >= 15 is 0 Å². The maximum atomic E-state index is 13.5. The van der Waals surface area contributed by atoms with Crippen molar-refractivity contribution in [2.24, 2.45) is 0 Å². The first-order valence-electron chi connectivity index (χ1n) is 12.6. The van der Waals surface area contributed by atoms with Crippen molar-refractivity contribution in [1.29, 1.82) is 0 Å². The molecule has 2 aromatic carbocycles. The van der Waals surface area contributed by atoms with Crippen LogP contribution in [0.25, 0.3) is 21.8 Å². The van der Waals surface area contributed by atoms with Crippen LogP contribution in [-0.2, 0) is 17.9 Å². The van der Waals surface area contributed by atoms with Gasteiger partial charge < -0.3 is 14.8 Å². The van der Waals surface area contributed by atoms with E-state index < -0.39 is 0 Å². The molecule has 5 rings (SSSR count). The number of hydrogen-bond donors (Lipinski definition) is 1. The molecule has 4 aromatic rings. The number of likely N-dealkylation sites (N-methyl/N-ethyl adjacent to an activating group) is 1. The molecular weight excluding hydrogens is 438 g/mol. The Hall–Kier alpha value is -3.45. The molecule has 0 spiro atoms. The van der Waals surface area contributed by atoms with Crippen LogP contribution in [0.5, 0.6) is 0 Å². The number of para-hydroxylation sites is 1. The second kappa shape index (κ2) is 10.4. The van der Waals surface area contributed by atoms with Crippen LogP contribution in [0.4, 0.5) is 0 Å². The maximum absolute atomic E-state index is 13.5. The summed E-state index contributed by atoms with van der Waals surface area (Å²) >= 11 is 0. The average Bonchev–Trinajstić information content (AvgIpc) is 3.21. The van der Waals surface area contributed by atoms with Crippen LogP contribution in [-0.4, -0.2) is 51.3 Å². The highest BCUT2D eigenvalue weighted by atomic mass is 16.2. The van der Waals surface area contributed by atoms with Crippen molar-refractivity contribution in [2.75, 3.05) is 20.1 Å². The van der Waals surface area contributed by atoms with E-state index in [4.69, 9.17) is 0 Å². The lowest BCUT2D eigenvalue weighted by molar-refractivity contribution is -0.122. The van der Waals surface area contributed by atoms with Gasteiger partial charge in [-0.25, -0.2) is 4.68 Å². The van der Waals surface area contributed by atoms with Crippen LogP contribution in [0.2, 0.25) is 0 Å². The third-order valence-corrected chi connectivity index (χ3v) is 7.23. The van der Waals surface area contributed by atoms with E-state index in [0.717, 1.165) is 28.4 Å². The Morgan fingerprint density at radius 1 is 1.03 bits per heavy atom. The number of aromatic nitrogens is 3. The molecule has 0 saturated heterocycles. The molecule has 0 bridgehead atoms. The summed E-state index contributed by atoms with van der Waals surface area (Å²) in [5.41, 5.74) is 2.43. The number of rotatable bonds is 8. The van der Waals surface area contributed by atoms with Crippen molar-refractivity contribution in [3.63, 3.8) is 0 Å². The molecule has 35 heavy (non-hydrogen) atoms. The van der Waals surface area contributed by atoms with Gasteiger partial charge in [0, 0.05) is 42.0 Å². The fourth-order valence-corrected chi connectivity index (χ4v) is 5.30. The number of nitrogens with one attached hydrogen (secondary N) is 1. The Balaban J connectivity index is 1.35. The molecule has 1 N–H and O–H groups in total. The number of fused-ring (bicyclic) bond motifs is 3. The number of benzene rings is 2. The minimum atomic E-state index is -0.246. The molecule has 2 aromatic heterocycles. The van der Waals surface area contributed by atoms with Gasteiger partial charge in [0.25, 0.3) is 5.56 Å². The predicted octanol–water partition coefficient (Wildman–Crippen LogP) is 3.78. The highest BCUT2D eigenvalue weighted by Crippen LogP contribution is 2.27. The van der Waals surface area contributed by atoms with Crippen molar-refractivity contribution in [3.05, 3.63) is 76.7 Å². The quantitative estimate of drug-likeness (QED) is 0.425. The maximum Gasteiger partial charge on any atom is 0.291 e. The third-order valence-electron chi connectivity index (χ3n) is 7.23. The van der Waals surface area contributed by atoms with E-state index in [0.29, 0.717) is 24.6 Å². The van der Waals surface area contributed by atoms with Gasteiger partial charge in [-0.3, -0.25) is 9.59 Å². The second-order valence-corrected chi connectivity index (χ2v) is 9.58. The predicted molar refractivity (Wildman–Crippen MR) is 140 cm³/mol. The van der Waals surface area contributed by atoms with Crippen molar-refractivity contribution in [1.82, 2.24) is 24.6 Å². The standard InChI is InChI=1S/C28H33N5O2/c1-31(22-12-6-3-7-13-22)17-16-29-26(34)20-33-28(35)27-24(18-30-33)23-14-8-9-15-25(23)32(27)19-21-10-4-2-5-11-21/h2,4-5,8-11,14-15,18,22H,3,6-7,12-13,16-17,19-20H2,1H3,(H,29,34). The number of carbonyl (C=O) groups is 1. The van der Waals surface area contributed by atoms with E-state index in [9.17, 15) is 9.59 Å². The molecule has 1 aliphatic rings. The van der Waals surface area contributed by atoms with Gasteiger partial charge in [0.05, 0.1) is 6.20 Å². The van der Waals surface area contributed by atoms with Crippen LogP contribution in [0, 0.1) is 0 Å². The van der Waals surface area contributed by atoms with Crippen molar-refractivity contribution in [3.8, 4) is 0 Å². The molecule has 1 fully saturated rings. The van der Waals surface area contributed by atoms with Crippen LogP contribution < -0.4 is 10.9 Å². The lowest BCUT2D eigenvalue weighted by atomic mass is 9.94. The lowest BCUT2D eigenvalue weighted by Gasteiger charge is -2.31. The molecule has 0 aliphatic heterocycles. The van der Waals surface area contributed by atoms with Crippen molar-refractivity contribution < 1.29 is 4.79 Å². The summed E-state index contributed by atoms with van der Waals surface area (Å²) in [6.45, 7) is 1.86. The first-order chi connectivity index (χ1) is 17.1. The highest BCUT2D eigenvalue weighted by molar-refractivity contribution is 6.07. The molecule has 0 unspecified atom stereocenters. The first kappa shape index (κ1) is 23.3. The zero-order chi connectivity index (χ0) is 24.2. The number of hydrogen-bond acceptors (Lipinski definition) is 4. The SMILES string of the molecule is CN(CCNC(=O)Cn1ncc2c3ccccc3n(Cc3ccccc3)c2c1=O)C1CCCCC1. The molecule has 2 heterocycles. The number of nitrogens with zero attached hydrogens (tertiary/aromatic N) is 4. The monoisotopic (exact) mass is 471 g/mol. The molecule has 182 valence electrons. The normalized spacial score (nSPS) is 14.7. The summed E-state index contributed by atoms with van der Waals surface area (Å²) in [5, 5.41) is 9.13. The molecule has 7 nitrogen and oxygen atoms in total. The van der Waals surface area contributed by atoms with Crippen LogP contribution in [0.3, 0.4) is 0 Å². The Morgan fingerprint density at radius 3 is 2.57 bits per heavy atom. The van der Waals surface area contributed by atoms with Gasteiger partial charge in [-0.15, -0.1) is 0 Å². The lowest BCUT2D eigenvalue weighted by Crippen LogP contribution is -2.41. The minimum absolute atomic E-state index is 0.0885. The summed E-state index contributed by atoms with van der Waals surface area (Å²) in [6, 6.07) is 18.7. The first-order valence-corrected chi connectivity index (χ1v) is 12.6. The van der Waals surface area contributed by atoms with Crippen LogP contribution in [0.15, 0.2) is 65.6 Å². The summed E-state index contributed by atoms with van der Waals surface area (Å²) in [5.74, 6) is -0.193. The Kier molecular flexibility index (Phi) is 6.95. The largest absolute Gasteiger partial charge is 0.353 e. The van der Waals surface area contributed by atoms with E-state index in [1.54, 1.807) is 6.20 Å². The fourth-order valence-electron chi connectivity index (χ4n) is 5.30. The molecular formula is C28H33N5O2. The number of amides is 1. The van der Waals surface area contributed by atoms with E-state index in [-0.39, 0.29) is 18.0 Å². The van der Waals surface area contributed by atoms with Crippen LogP contribution >= 0.6 is 0 Å². The van der Waals surface area contributed by atoms with E-state index in [1.165, 1.54) is 36.8 Å². The van der Waals surface area contributed by atoms with Crippen molar-refractivity contribution >= 4 is 27.7 Å². The van der Waals surface area contributed by atoms with Gasteiger partial charge in [-0.1, -0.05) is 67.8 Å². The van der Waals surface area contributed by atoms with Gasteiger partial charge in [0.15, 0.2) is 0 Å². The zero-order valence-electron chi connectivity index (χ0n) is 20.3. The average molecular weight is 472 g/mol. The second-order valence-electron chi connectivity index (χ2n) is 9.58. The van der Waals surface area contributed by atoms with Gasteiger partial charge in [-0.05, 0) is 31.5 Å². The van der Waals surface area contributed by atoms with E-state index in [2.05, 4.69) is 34.5 Å². The number of carbonyl (C=O) groups excluding carboxylic acids is 1. The molecule has 0 radical (unpaired) electrons. The van der Waals surface area contributed by atoms with Gasteiger partial charge in [-0.2, -0.15) is 5.10 Å². The highest BCUT2D eigenvalue weighted by Gasteiger charge is 2.19. The topological polar surface area (TPSA) is 72.2 Å². The fraction of sp³-hybridized carbons (Fsp3) is 0.393. The van der Waals surface area contributed by atoms with Crippen LogP contribution in [0.1, 0.15) is 37.7 Å². The summed E-state index contributed by atoms with van der Waals surface area (Å²) < 4.78 is 3.32. The summed E-state index contributed by atoms with van der Waals surface area (Å²) in [4.78, 5) is 28.5. The Labute approximate surface area is 205 Å². The summed E-state index contributed by atoms with van der Waals surface area (Å²) in [6.07, 6.45) is 8.10. The van der Waals surface area contributed by atoms with Gasteiger partial charge >= 0.3 is 0 Å². The Morgan fingerprint density at radius 2 is 1.77 bits per heavy atom. The molecule has 1 saturated carbocycles. The molecule has 0 atom stereocenters. The Bertz CT molecular complexity index is 1370. The van der Waals surface area contributed by atoms with Gasteiger partial charge in [0.1, 0.15) is 12.1 Å². The minimum Gasteiger partial charge on any atom is -0.353 e. The summed E-state index contributed by atoms with van der Waals surface area (Å²) in [7, 11) is 2.13. The third kappa shape index (κ3) is 5.00. The zero-order valence-corrected chi connectivity index (χ0v) is 20.3. The molecule has 7 heteroatoms. The van der Waals surface area contributed by atoms with E-state index in [1.807, 2.05) is 47.0 Å². The molecule has 1 amide bonds.